The highest BCUT2D eigenvalue weighted by Crippen LogP contribution is 2.09. The van der Waals surface area contributed by atoms with Gasteiger partial charge in [0.2, 0.25) is 0 Å². The highest BCUT2D eigenvalue weighted by atomic mass is 35.5. The van der Waals surface area contributed by atoms with Crippen LogP contribution in [-0.4, -0.2) is 29.6 Å². The van der Waals surface area contributed by atoms with Crippen molar-refractivity contribution < 1.29 is 0 Å². The molecule has 0 radical (unpaired) electrons. The van der Waals surface area contributed by atoms with E-state index < -0.39 is 0 Å². The van der Waals surface area contributed by atoms with Crippen molar-refractivity contribution in [3.05, 3.63) is 23.2 Å². The molecule has 1 saturated heterocycles. The third-order valence-electron chi connectivity index (χ3n) is 2.61. The third-order valence-corrected chi connectivity index (χ3v) is 2.93. The maximum Gasteiger partial charge on any atom is 0.151 e. The molecule has 4 nitrogen and oxygen atoms in total. The fourth-order valence-electron chi connectivity index (χ4n) is 1.75. The number of nitrogens with zero attached hydrogens (tertiary/aromatic N) is 2. The lowest BCUT2D eigenvalue weighted by Crippen LogP contribution is -2.24. The smallest absolute Gasteiger partial charge is 0.151 e. The summed E-state index contributed by atoms with van der Waals surface area (Å²) in [5, 5.41) is 7.19. The minimum Gasteiger partial charge on any atom is -0.316 e. The van der Waals surface area contributed by atoms with Gasteiger partial charge >= 0.3 is 0 Å². The fourth-order valence-corrected chi connectivity index (χ4v) is 1.92. The second kappa shape index (κ2) is 7.01. The van der Waals surface area contributed by atoms with Gasteiger partial charge in [-0.2, -0.15) is 0 Å². The largest absolute Gasteiger partial charge is 0.316 e. The first kappa shape index (κ1) is 13.6. The van der Waals surface area contributed by atoms with Crippen molar-refractivity contribution in [3.8, 4) is 0 Å². The molecule has 0 aromatic carbocycles. The molecular formula is C10H16Cl2N4. The van der Waals surface area contributed by atoms with E-state index in [2.05, 4.69) is 20.6 Å². The summed E-state index contributed by atoms with van der Waals surface area (Å²) in [4.78, 5) is 8.15. The summed E-state index contributed by atoms with van der Waals surface area (Å²) in [5.41, 5.74) is 0.824. The number of halogens is 2. The van der Waals surface area contributed by atoms with Crippen LogP contribution in [0.4, 0.5) is 0 Å². The van der Waals surface area contributed by atoms with Crippen LogP contribution in [0.15, 0.2) is 12.4 Å². The minimum atomic E-state index is 0. The maximum atomic E-state index is 5.89. The van der Waals surface area contributed by atoms with E-state index in [1.165, 1.54) is 6.42 Å². The molecule has 0 spiro atoms. The topological polar surface area (TPSA) is 49.8 Å². The quantitative estimate of drug-likeness (QED) is 0.858. The van der Waals surface area contributed by atoms with Crippen LogP contribution in [0.1, 0.15) is 12.1 Å². The van der Waals surface area contributed by atoms with Gasteiger partial charge in [0.15, 0.2) is 5.15 Å². The van der Waals surface area contributed by atoms with Crippen molar-refractivity contribution in [2.45, 2.75) is 13.0 Å². The van der Waals surface area contributed by atoms with Crippen molar-refractivity contribution >= 4 is 24.0 Å². The Bertz CT molecular complexity index is 315. The Morgan fingerprint density at radius 1 is 1.44 bits per heavy atom. The molecule has 1 aliphatic heterocycles. The molecule has 16 heavy (non-hydrogen) atoms. The van der Waals surface area contributed by atoms with Gasteiger partial charge < -0.3 is 10.6 Å². The highest BCUT2D eigenvalue weighted by Gasteiger charge is 2.13. The van der Waals surface area contributed by atoms with Crippen LogP contribution in [0.5, 0.6) is 0 Å². The number of aromatic nitrogens is 2. The van der Waals surface area contributed by atoms with Crippen LogP contribution in [0.2, 0.25) is 5.15 Å². The first-order valence-corrected chi connectivity index (χ1v) is 5.61. The molecule has 2 rings (SSSR count). The zero-order valence-corrected chi connectivity index (χ0v) is 10.5. The van der Waals surface area contributed by atoms with Gasteiger partial charge in [-0.15, -0.1) is 12.4 Å². The molecule has 0 amide bonds. The predicted molar refractivity (Wildman–Crippen MR) is 67.0 cm³/mol. The van der Waals surface area contributed by atoms with Crippen LogP contribution >= 0.6 is 24.0 Å². The zero-order chi connectivity index (χ0) is 10.5. The summed E-state index contributed by atoms with van der Waals surface area (Å²) in [6, 6.07) is 0. The van der Waals surface area contributed by atoms with Crippen LogP contribution < -0.4 is 10.6 Å². The molecule has 1 aromatic rings. The summed E-state index contributed by atoms with van der Waals surface area (Å²) < 4.78 is 0. The van der Waals surface area contributed by atoms with Crippen LogP contribution in [0.25, 0.3) is 0 Å². The number of nitrogens with one attached hydrogen (secondary N) is 2. The van der Waals surface area contributed by atoms with Gasteiger partial charge in [-0.3, -0.25) is 4.98 Å². The second-order valence-corrected chi connectivity index (χ2v) is 4.14. The van der Waals surface area contributed by atoms with Crippen molar-refractivity contribution in [1.29, 1.82) is 0 Å². The fraction of sp³-hybridized carbons (Fsp3) is 0.600. The van der Waals surface area contributed by atoms with E-state index in [0.29, 0.717) is 11.7 Å². The third kappa shape index (κ3) is 3.87. The molecule has 1 atom stereocenters. The molecule has 2 heterocycles. The van der Waals surface area contributed by atoms with Gasteiger partial charge in [0.05, 0.1) is 5.69 Å². The van der Waals surface area contributed by atoms with Gasteiger partial charge in [0, 0.05) is 18.9 Å². The van der Waals surface area contributed by atoms with E-state index in [-0.39, 0.29) is 12.4 Å². The average Bonchev–Trinajstić information content (AvgIpc) is 2.74. The van der Waals surface area contributed by atoms with Gasteiger partial charge in [0.1, 0.15) is 0 Å². The summed E-state index contributed by atoms with van der Waals surface area (Å²) in [6.07, 6.45) is 4.52. The lowest BCUT2D eigenvalue weighted by molar-refractivity contribution is 0.509. The summed E-state index contributed by atoms with van der Waals surface area (Å²) in [7, 11) is 0. The predicted octanol–water partition coefficient (Wildman–Crippen LogP) is 1.25. The molecule has 6 heteroatoms. The molecule has 90 valence electrons. The number of hydrogen-bond donors (Lipinski definition) is 2. The minimum absolute atomic E-state index is 0. The summed E-state index contributed by atoms with van der Waals surface area (Å²) in [6.45, 7) is 3.96. The van der Waals surface area contributed by atoms with Crippen LogP contribution in [0.3, 0.4) is 0 Å². The van der Waals surface area contributed by atoms with Gasteiger partial charge in [-0.05, 0) is 32.0 Å². The van der Waals surface area contributed by atoms with E-state index in [1.54, 1.807) is 12.4 Å². The molecule has 1 fully saturated rings. The normalized spacial score (nSPS) is 19.4. The van der Waals surface area contributed by atoms with E-state index in [1.807, 2.05) is 0 Å². The Balaban J connectivity index is 0.00000128. The van der Waals surface area contributed by atoms with E-state index >= 15 is 0 Å². The van der Waals surface area contributed by atoms with E-state index in [0.717, 1.165) is 31.2 Å². The standard InChI is InChI=1S/C10H15ClN4.ClH/c11-10-9(14-3-4-15-10)7-13-6-8-1-2-12-5-8;/h3-4,8,12-13H,1-2,5-7H2;1H. The Hall–Kier alpha value is -0.420. The van der Waals surface area contributed by atoms with Gasteiger partial charge in [0.25, 0.3) is 0 Å². The first-order chi connectivity index (χ1) is 7.36. The van der Waals surface area contributed by atoms with Crippen molar-refractivity contribution in [2.75, 3.05) is 19.6 Å². The molecule has 0 aliphatic carbocycles. The SMILES string of the molecule is Cl.Clc1nccnc1CNCC1CCNC1. The van der Waals surface area contributed by atoms with Crippen molar-refractivity contribution in [2.24, 2.45) is 5.92 Å². The number of hydrogen-bond acceptors (Lipinski definition) is 4. The van der Waals surface area contributed by atoms with Crippen molar-refractivity contribution in [1.82, 2.24) is 20.6 Å². The Kier molecular flexibility index (Phi) is 5.98. The summed E-state index contributed by atoms with van der Waals surface area (Å²) >= 11 is 5.89. The average molecular weight is 263 g/mol. The second-order valence-electron chi connectivity index (χ2n) is 3.78. The highest BCUT2D eigenvalue weighted by molar-refractivity contribution is 6.29. The number of rotatable bonds is 4. The molecule has 1 unspecified atom stereocenters. The summed E-state index contributed by atoms with van der Waals surface area (Å²) in [5.74, 6) is 0.737. The molecular weight excluding hydrogens is 247 g/mol. The molecule has 0 saturated carbocycles. The van der Waals surface area contributed by atoms with Gasteiger partial charge in [-0.1, -0.05) is 11.6 Å². The van der Waals surface area contributed by atoms with E-state index in [4.69, 9.17) is 11.6 Å². The van der Waals surface area contributed by atoms with Crippen LogP contribution in [-0.2, 0) is 6.54 Å². The maximum absolute atomic E-state index is 5.89. The Labute approximate surface area is 107 Å². The molecule has 1 aliphatic rings. The van der Waals surface area contributed by atoms with E-state index in [9.17, 15) is 0 Å². The Morgan fingerprint density at radius 2 is 2.25 bits per heavy atom. The lowest BCUT2D eigenvalue weighted by Gasteiger charge is -2.09. The van der Waals surface area contributed by atoms with Crippen molar-refractivity contribution in [3.63, 3.8) is 0 Å². The molecule has 2 N–H and O–H groups in total. The molecule has 1 aromatic heterocycles. The monoisotopic (exact) mass is 262 g/mol. The van der Waals surface area contributed by atoms with Crippen LogP contribution in [0, 0.1) is 5.92 Å². The first-order valence-electron chi connectivity index (χ1n) is 5.23. The molecule has 0 bridgehead atoms. The lowest BCUT2D eigenvalue weighted by atomic mass is 10.1. The Morgan fingerprint density at radius 3 is 2.94 bits per heavy atom. The zero-order valence-electron chi connectivity index (χ0n) is 8.95. The van der Waals surface area contributed by atoms with Gasteiger partial charge in [-0.25, -0.2) is 4.98 Å².